The van der Waals surface area contributed by atoms with E-state index in [1.54, 1.807) is 19.1 Å². The number of sulfonamides is 1. The highest BCUT2D eigenvalue weighted by Crippen LogP contribution is 2.14. The second-order valence-electron chi connectivity index (χ2n) is 5.50. The lowest BCUT2D eigenvalue weighted by Gasteiger charge is -2.11. The predicted octanol–water partition coefficient (Wildman–Crippen LogP) is 1.80. The molecule has 132 valence electrons. The number of aromatic hydroxyl groups is 1. The zero-order valence-electron chi connectivity index (χ0n) is 14.1. The fourth-order valence-electron chi connectivity index (χ4n) is 1.96. The van der Waals surface area contributed by atoms with Crippen molar-refractivity contribution < 1.29 is 18.3 Å². The fourth-order valence-corrected chi connectivity index (χ4v) is 2.86. The first-order valence-corrected chi connectivity index (χ1v) is 8.82. The smallest absolute Gasteiger partial charge is 0.271 e. The van der Waals surface area contributed by atoms with Crippen LogP contribution in [0.1, 0.15) is 22.8 Å². The van der Waals surface area contributed by atoms with E-state index >= 15 is 0 Å². The van der Waals surface area contributed by atoms with Gasteiger partial charge < -0.3 is 5.11 Å². The molecule has 0 aliphatic heterocycles. The molecule has 8 heteroatoms. The van der Waals surface area contributed by atoms with Crippen LogP contribution in [0.4, 0.5) is 0 Å². The standard InChI is InChI=1S/C17H19N3O4S/c1-12(18-19-17(22)14-4-8-15(21)9-5-14)13-6-10-16(11-7-13)25(23,24)20(2)3/h4-11,21H,1-3H3,(H,19,22)/b18-12-. The van der Waals surface area contributed by atoms with Crippen LogP contribution in [0.3, 0.4) is 0 Å². The lowest BCUT2D eigenvalue weighted by molar-refractivity contribution is 0.0955. The van der Waals surface area contributed by atoms with Gasteiger partial charge in [-0.05, 0) is 48.9 Å². The van der Waals surface area contributed by atoms with Gasteiger partial charge in [0.2, 0.25) is 10.0 Å². The van der Waals surface area contributed by atoms with E-state index in [0.717, 1.165) is 4.31 Å². The summed E-state index contributed by atoms with van der Waals surface area (Å²) in [6.07, 6.45) is 0. The third kappa shape index (κ3) is 4.43. The minimum Gasteiger partial charge on any atom is -0.508 e. The second kappa shape index (κ2) is 7.45. The number of nitrogens with one attached hydrogen (secondary N) is 1. The van der Waals surface area contributed by atoms with Gasteiger partial charge in [-0.15, -0.1) is 0 Å². The first kappa shape index (κ1) is 18.6. The summed E-state index contributed by atoms with van der Waals surface area (Å²) >= 11 is 0. The largest absolute Gasteiger partial charge is 0.508 e. The summed E-state index contributed by atoms with van der Waals surface area (Å²) in [5, 5.41) is 13.2. The second-order valence-corrected chi connectivity index (χ2v) is 7.65. The van der Waals surface area contributed by atoms with Gasteiger partial charge >= 0.3 is 0 Å². The Kier molecular flexibility index (Phi) is 5.55. The molecule has 0 aromatic heterocycles. The first-order chi connectivity index (χ1) is 11.7. The topological polar surface area (TPSA) is 99.1 Å². The highest BCUT2D eigenvalue weighted by atomic mass is 32.2. The first-order valence-electron chi connectivity index (χ1n) is 7.38. The Morgan fingerprint density at radius 1 is 1.00 bits per heavy atom. The number of phenols is 1. The van der Waals surface area contributed by atoms with Crippen LogP contribution in [0.15, 0.2) is 58.5 Å². The van der Waals surface area contributed by atoms with Gasteiger partial charge in [-0.3, -0.25) is 4.79 Å². The van der Waals surface area contributed by atoms with Crippen LogP contribution < -0.4 is 5.43 Å². The molecule has 0 aliphatic rings. The molecule has 1 amide bonds. The van der Waals surface area contributed by atoms with E-state index in [0.29, 0.717) is 16.8 Å². The zero-order valence-corrected chi connectivity index (χ0v) is 14.9. The van der Waals surface area contributed by atoms with Gasteiger partial charge in [-0.2, -0.15) is 5.10 Å². The number of hydrazone groups is 1. The van der Waals surface area contributed by atoms with Crippen LogP contribution in [-0.4, -0.2) is 43.5 Å². The highest BCUT2D eigenvalue weighted by Gasteiger charge is 2.16. The van der Waals surface area contributed by atoms with E-state index in [-0.39, 0.29) is 10.6 Å². The minimum atomic E-state index is -3.48. The normalized spacial score (nSPS) is 12.2. The Bertz CT molecular complexity index is 886. The maximum absolute atomic E-state index is 12.0. The molecule has 0 fully saturated rings. The van der Waals surface area contributed by atoms with Gasteiger partial charge in [-0.25, -0.2) is 18.1 Å². The van der Waals surface area contributed by atoms with Crippen LogP contribution in [-0.2, 0) is 10.0 Å². The van der Waals surface area contributed by atoms with E-state index in [1.165, 1.54) is 50.5 Å². The van der Waals surface area contributed by atoms with Gasteiger partial charge in [0.15, 0.2) is 0 Å². The number of nitrogens with zero attached hydrogens (tertiary/aromatic N) is 2. The molecule has 2 aromatic rings. The summed E-state index contributed by atoms with van der Waals surface area (Å²) in [4.78, 5) is 12.2. The van der Waals surface area contributed by atoms with Gasteiger partial charge in [0.05, 0.1) is 10.6 Å². The molecule has 0 saturated carbocycles. The van der Waals surface area contributed by atoms with Crippen molar-refractivity contribution in [2.24, 2.45) is 5.10 Å². The SMILES string of the molecule is C/C(=N/NC(=O)c1ccc(O)cc1)c1ccc(S(=O)(=O)N(C)C)cc1. The van der Waals surface area contributed by atoms with Crippen LogP contribution in [0.25, 0.3) is 0 Å². The zero-order chi connectivity index (χ0) is 18.6. The molecule has 0 heterocycles. The van der Waals surface area contributed by atoms with E-state index in [2.05, 4.69) is 10.5 Å². The van der Waals surface area contributed by atoms with Crippen LogP contribution in [0.2, 0.25) is 0 Å². The summed E-state index contributed by atoms with van der Waals surface area (Å²) in [6.45, 7) is 1.70. The molecule has 0 saturated heterocycles. The van der Waals surface area contributed by atoms with Crippen molar-refractivity contribution in [2.75, 3.05) is 14.1 Å². The number of hydrogen-bond acceptors (Lipinski definition) is 5. The third-order valence-corrected chi connectivity index (χ3v) is 5.33. The van der Waals surface area contributed by atoms with Crippen molar-refractivity contribution in [3.63, 3.8) is 0 Å². The predicted molar refractivity (Wildman–Crippen MR) is 95.1 cm³/mol. The summed E-state index contributed by atoms with van der Waals surface area (Å²) in [5.41, 5.74) is 4.00. The number of carbonyl (C=O) groups is 1. The van der Waals surface area contributed by atoms with Gasteiger partial charge in [0.1, 0.15) is 5.75 Å². The number of rotatable bonds is 5. The Morgan fingerprint density at radius 3 is 2.04 bits per heavy atom. The summed E-state index contributed by atoms with van der Waals surface area (Å²) in [6, 6.07) is 12.0. The Morgan fingerprint density at radius 2 is 1.52 bits per heavy atom. The highest BCUT2D eigenvalue weighted by molar-refractivity contribution is 7.89. The molecule has 0 spiro atoms. The lowest BCUT2D eigenvalue weighted by atomic mass is 10.1. The van der Waals surface area contributed by atoms with Gasteiger partial charge in [0.25, 0.3) is 5.91 Å². The lowest BCUT2D eigenvalue weighted by Crippen LogP contribution is -2.22. The number of hydrogen-bond donors (Lipinski definition) is 2. The Labute approximate surface area is 146 Å². The molecule has 7 nitrogen and oxygen atoms in total. The van der Waals surface area contributed by atoms with Crippen molar-refractivity contribution in [1.82, 2.24) is 9.73 Å². The van der Waals surface area contributed by atoms with Crippen molar-refractivity contribution in [1.29, 1.82) is 0 Å². The summed E-state index contributed by atoms with van der Waals surface area (Å²) in [7, 11) is -0.547. The maximum atomic E-state index is 12.0. The molecule has 0 radical (unpaired) electrons. The molecule has 0 aliphatic carbocycles. The number of benzene rings is 2. The minimum absolute atomic E-state index is 0.0731. The Hall–Kier alpha value is -2.71. The van der Waals surface area contributed by atoms with Crippen molar-refractivity contribution in [3.8, 4) is 5.75 Å². The maximum Gasteiger partial charge on any atom is 0.271 e. The van der Waals surface area contributed by atoms with Crippen molar-refractivity contribution >= 4 is 21.6 Å². The van der Waals surface area contributed by atoms with Crippen LogP contribution >= 0.6 is 0 Å². The summed E-state index contributed by atoms with van der Waals surface area (Å²) < 4.78 is 25.2. The molecule has 2 aromatic carbocycles. The molecular weight excluding hydrogens is 342 g/mol. The van der Waals surface area contributed by atoms with Crippen LogP contribution in [0.5, 0.6) is 5.75 Å². The average Bonchev–Trinajstić information content (AvgIpc) is 2.60. The molecule has 2 rings (SSSR count). The van der Waals surface area contributed by atoms with Gasteiger partial charge in [0, 0.05) is 19.7 Å². The quantitative estimate of drug-likeness (QED) is 0.626. The Balaban J connectivity index is 2.12. The average molecular weight is 361 g/mol. The van der Waals surface area contributed by atoms with Crippen molar-refractivity contribution in [3.05, 3.63) is 59.7 Å². The molecule has 25 heavy (non-hydrogen) atoms. The molecular formula is C17H19N3O4S. The van der Waals surface area contributed by atoms with Crippen LogP contribution in [0, 0.1) is 0 Å². The van der Waals surface area contributed by atoms with E-state index in [9.17, 15) is 18.3 Å². The van der Waals surface area contributed by atoms with E-state index in [1.807, 2.05) is 0 Å². The molecule has 0 unspecified atom stereocenters. The van der Waals surface area contributed by atoms with E-state index < -0.39 is 15.9 Å². The molecule has 0 bridgehead atoms. The van der Waals surface area contributed by atoms with Gasteiger partial charge in [-0.1, -0.05) is 12.1 Å². The monoisotopic (exact) mass is 361 g/mol. The third-order valence-electron chi connectivity index (χ3n) is 3.51. The number of phenolic OH excluding ortho intramolecular Hbond substituents is 1. The number of carbonyl (C=O) groups excluding carboxylic acids is 1. The summed E-state index contributed by atoms with van der Waals surface area (Å²) in [5.74, 6) is -0.338. The molecule has 0 atom stereocenters. The fraction of sp³-hybridized carbons (Fsp3) is 0.176. The molecule has 2 N–H and O–H groups in total. The van der Waals surface area contributed by atoms with E-state index in [4.69, 9.17) is 0 Å². The van der Waals surface area contributed by atoms with Crippen molar-refractivity contribution in [2.45, 2.75) is 11.8 Å². The number of amides is 1.